The minimum Gasteiger partial charge on any atom is -0.369 e. The number of nitrogens with one attached hydrogen (secondary N) is 1. The van der Waals surface area contributed by atoms with Crippen LogP contribution < -0.4 is 10.2 Å². The average molecular weight is 373 g/mol. The third kappa shape index (κ3) is 3.43. The molecular formula is C21H22ClFN2O. The first-order valence-electron chi connectivity index (χ1n) is 9.14. The summed E-state index contributed by atoms with van der Waals surface area (Å²) in [7, 11) is 0. The van der Waals surface area contributed by atoms with Gasteiger partial charge in [0.05, 0.1) is 5.41 Å². The number of nitrogens with zero attached hydrogens (tertiary/aromatic N) is 1. The molecule has 1 aliphatic carbocycles. The van der Waals surface area contributed by atoms with Crippen LogP contribution >= 0.6 is 11.6 Å². The van der Waals surface area contributed by atoms with Gasteiger partial charge >= 0.3 is 0 Å². The van der Waals surface area contributed by atoms with E-state index in [2.05, 4.69) is 10.2 Å². The molecule has 0 radical (unpaired) electrons. The van der Waals surface area contributed by atoms with Crippen molar-refractivity contribution in [3.05, 3.63) is 64.9 Å². The molecule has 3 nitrogen and oxygen atoms in total. The molecule has 1 heterocycles. The van der Waals surface area contributed by atoms with Gasteiger partial charge in [-0.1, -0.05) is 29.8 Å². The number of rotatable bonds is 4. The van der Waals surface area contributed by atoms with Crippen molar-refractivity contribution >= 4 is 23.2 Å². The monoisotopic (exact) mass is 372 g/mol. The van der Waals surface area contributed by atoms with Crippen LogP contribution in [0.15, 0.2) is 48.5 Å². The summed E-state index contributed by atoms with van der Waals surface area (Å²) >= 11 is 5.97. The van der Waals surface area contributed by atoms with Crippen LogP contribution in [0.5, 0.6) is 0 Å². The van der Waals surface area contributed by atoms with Gasteiger partial charge in [0.15, 0.2) is 0 Å². The lowest BCUT2D eigenvalue weighted by molar-refractivity contribution is -0.124. The maximum atomic E-state index is 13.5. The third-order valence-corrected chi connectivity index (χ3v) is 5.76. The Balaban J connectivity index is 1.43. The molecule has 1 atom stereocenters. The first-order chi connectivity index (χ1) is 12.6. The summed E-state index contributed by atoms with van der Waals surface area (Å²) in [5.74, 6) is -0.126. The summed E-state index contributed by atoms with van der Waals surface area (Å²) in [6.07, 6.45) is 3.69. The van der Waals surface area contributed by atoms with Crippen molar-refractivity contribution in [2.75, 3.05) is 18.0 Å². The molecule has 2 aliphatic rings. The number of anilines is 1. The topological polar surface area (TPSA) is 32.3 Å². The van der Waals surface area contributed by atoms with Crippen LogP contribution in [0.3, 0.4) is 0 Å². The molecule has 1 N–H and O–H groups in total. The molecule has 2 aromatic rings. The number of hydrogen-bond acceptors (Lipinski definition) is 2. The molecule has 2 fully saturated rings. The smallest absolute Gasteiger partial charge is 0.230 e. The minimum atomic E-state index is -0.397. The average Bonchev–Trinajstić information content (AvgIpc) is 3.45. The molecule has 0 aromatic heterocycles. The second-order valence-electron chi connectivity index (χ2n) is 7.33. The van der Waals surface area contributed by atoms with E-state index in [-0.39, 0.29) is 17.8 Å². The molecule has 1 amide bonds. The maximum Gasteiger partial charge on any atom is 0.230 e. The summed E-state index contributed by atoms with van der Waals surface area (Å²) in [4.78, 5) is 15.1. The lowest BCUT2D eigenvalue weighted by Gasteiger charge is -2.35. The normalized spacial score (nSPS) is 21.3. The number of piperidine rings is 1. The quantitative estimate of drug-likeness (QED) is 0.868. The molecule has 136 valence electrons. The third-order valence-electron chi connectivity index (χ3n) is 5.51. The Hall–Kier alpha value is -2.07. The molecule has 1 saturated heterocycles. The van der Waals surface area contributed by atoms with Crippen molar-refractivity contribution in [3.8, 4) is 0 Å². The summed E-state index contributed by atoms with van der Waals surface area (Å²) < 4.78 is 13.5. The zero-order valence-electron chi connectivity index (χ0n) is 14.6. The largest absolute Gasteiger partial charge is 0.369 e. The highest BCUT2D eigenvalue weighted by molar-refractivity contribution is 6.30. The highest BCUT2D eigenvalue weighted by Gasteiger charge is 2.51. The van der Waals surface area contributed by atoms with Gasteiger partial charge in [-0.15, -0.1) is 0 Å². The van der Waals surface area contributed by atoms with Crippen molar-refractivity contribution in [1.82, 2.24) is 5.32 Å². The Morgan fingerprint density at radius 1 is 1.19 bits per heavy atom. The van der Waals surface area contributed by atoms with E-state index in [4.69, 9.17) is 11.6 Å². The van der Waals surface area contributed by atoms with E-state index in [9.17, 15) is 9.18 Å². The van der Waals surface area contributed by atoms with Gasteiger partial charge in [-0.3, -0.25) is 4.79 Å². The fraction of sp³-hybridized carbons (Fsp3) is 0.381. The number of carbonyl (C=O) groups is 1. The van der Waals surface area contributed by atoms with Gasteiger partial charge in [-0.2, -0.15) is 0 Å². The zero-order chi connectivity index (χ0) is 18.1. The van der Waals surface area contributed by atoms with Crippen LogP contribution in [0.25, 0.3) is 0 Å². The second kappa shape index (κ2) is 6.92. The summed E-state index contributed by atoms with van der Waals surface area (Å²) in [5, 5.41) is 3.93. The van der Waals surface area contributed by atoms with Gasteiger partial charge in [0.1, 0.15) is 5.82 Å². The van der Waals surface area contributed by atoms with E-state index >= 15 is 0 Å². The minimum absolute atomic E-state index is 0.0873. The Labute approximate surface area is 158 Å². The van der Waals surface area contributed by atoms with E-state index in [1.54, 1.807) is 12.1 Å². The molecule has 1 unspecified atom stereocenters. The number of amides is 1. The molecule has 4 rings (SSSR count). The molecule has 1 aliphatic heterocycles. The maximum absolute atomic E-state index is 13.5. The fourth-order valence-corrected chi connectivity index (χ4v) is 3.99. The Kier molecular flexibility index (Phi) is 4.62. The van der Waals surface area contributed by atoms with Gasteiger partial charge in [0.25, 0.3) is 0 Å². The molecule has 5 heteroatoms. The van der Waals surface area contributed by atoms with Gasteiger partial charge in [0, 0.05) is 29.8 Å². The SMILES string of the molecule is O=C(NC1CCCN(c2cccc(F)c2)C1)C1(c2ccc(Cl)cc2)CC1. The van der Waals surface area contributed by atoms with Crippen LogP contribution in [0.2, 0.25) is 5.02 Å². The van der Waals surface area contributed by atoms with E-state index < -0.39 is 5.41 Å². The van der Waals surface area contributed by atoms with E-state index in [1.165, 1.54) is 6.07 Å². The number of hydrogen-bond donors (Lipinski definition) is 1. The first-order valence-corrected chi connectivity index (χ1v) is 9.52. The molecule has 0 spiro atoms. The van der Waals surface area contributed by atoms with Crippen molar-refractivity contribution in [3.63, 3.8) is 0 Å². The number of benzene rings is 2. The van der Waals surface area contributed by atoms with Crippen LogP contribution in [0, 0.1) is 5.82 Å². The van der Waals surface area contributed by atoms with Crippen molar-refractivity contribution < 1.29 is 9.18 Å². The summed E-state index contributed by atoms with van der Waals surface area (Å²) in [5.41, 5.74) is 1.52. The van der Waals surface area contributed by atoms with Gasteiger partial charge in [-0.05, 0) is 61.6 Å². The Morgan fingerprint density at radius 3 is 2.65 bits per heavy atom. The van der Waals surface area contributed by atoms with E-state index in [1.807, 2.05) is 30.3 Å². The lowest BCUT2D eigenvalue weighted by Crippen LogP contribution is -2.50. The van der Waals surface area contributed by atoms with Crippen molar-refractivity contribution in [2.45, 2.75) is 37.1 Å². The molecule has 1 saturated carbocycles. The Bertz CT molecular complexity index is 804. The second-order valence-corrected chi connectivity index (χ2v) is 7.76. The first kappa shape index (κ1) is 17.3. The summed E-state index contributed by atoms with van der Waals surface area (Å²) in [6.45, 7) is 1.60. The van der Waals surface area contributed by atoms with Crippen LogP contribution in [0.1, 0.15) is 31.2 Å². The molecule has 2 aromatic carbocycles. The standard InChI is InChI=1S/C21H22ClFN2O/c22-16-8-6-15(7-9-16)21(10-11-21)20(26)24-18-4-2-12-25(14-18)19-5-1-3-17(23)13-19/h1,3,5-9,13,18H,2,4,10-12,14H2,(H,24,26). The fourth-order valence-electron chi connectivity index (χ4n) is 3.87. The van der Waals surface area contributed by atoms with Gasteiger partial charge < -0.3 is 10.2 Å². The van der Waals surface area contributed by atoms with Crippen molar-refractivity contribution in [2.24, 2.45) is 0 Å². The van der Waals surface area contributed by atoms with E-state index in [0.29, 0.717) is 11.6 Å². The molecular weight excluding hydrogens is 351 g/mol. The van der Waals surface area contributed by atoms with Crippen LogP contribution in [-0.4, -0.2) is 25.0 Å². The lowest BCUT2D eigenvalue weighted by atomic mass is 9.94. The summed E-state index contributed by atoms with van der Waals surface area (Å²) in [6, 6.07) is 14.3. The van der Waals surface area contributed by atoms with Crippen molar-refractivity contribution in [1.29, 1.82) is 0 Å². The number of halogens is 2. The predicted octanol–water partition coefficient (Wildman–Crippen LogP) is 4.30. The Morgan fingerprint density at radius 2 is 1.96 bits per heavy atom. The van der Waals surface area contributed by atoms with E-state index in [0.717, 1.165) is 43.5 Å². The van der Waals surface area contributed by atoms with Gasteiger partial charge in [-0.25, -0.2) is 4.39 Å². The zero-order valence-corrected chi connectivity index (χ0v) is 15.3. The molecule has 0 bridgehead atoms. The van der Waals surface area contributed by atoms with Crippen LogP contribution in [0.4, 0.5) is 10.1 Å². The number of carbonyl (C=O) groups excluding carboxylic acids is 1. The van der Waals surface area contributed by atoms with Gasteiger partial charge in [0.2, 0.25) is 5.91 Å². The highest BCUT2D eigenvalue weighted by Crippen LogP contribution is 2.48. The molecule has 26 heavy (non-hydrogen) atoms. The van der Waals surface area contributed by atoms with Crippen LogP contribution in [-0.2, 0) is 10.2 Å². The highest BCUT2D eigenvalue weighted by atomic mass is 35.5. The predicted molar refractivity (Wildman–Crippen MR) is 102 cm³/mol.